The van der Waals surface area contributed by atoms with Crippen molar-refractivity contribution in [3.8, 4) is 0 Å². The summed E-state index contributed by atoms with van der Waals surface area (Å²) in [6.45, 7) is 1.09. The highest BCUT2D eigenvalue weighted by atomic mass is 32.2. The molecule has 4 atom stereocenters. The molecule has 8 heteroatoms. The van der Waals surface area contributed by atoms with E-state index in [0.717, 1.165) is 5.56 Å². The maximum Gasteiger partial charge on any atom is 0.249 e. The minimum Gasteiger partial charge on any atom is -0.394 e. The first-order valence-electron chi connectivity index (χ1n) is 6.29. The summed E-state index contributed by atoms with van der Waals surface area (Å²) in [5.74, 6) is 0. The second-order valence-electron chi connectivity index (χ2n) is 4.90. The smallest absolute Gasteiger partial charge is 0.249 e. The van der Waals surface area contributed by atoms with E-state index in [1.807, 2.05) is 0 Å². The van der Waals surface area contributed by atoms with Crippen LogP contribution in [0.1, 0.15) is 5.56 Å². The van der Waals surface area contributed by atoms with Crippen molar-refractivity contribution >= 4 is 9.84 Å². The SMILES string of the molecule is Cc1ccc(S(=O)(=O)[C]2O[C@H](CO)[C@@H](O)[C@H](O)[C@H]2O)cc1. The first kappa shape index (κ1) is 16.3. The van der Waals surface area contributed by atoms with Gasteiger partial charge in [-0.1, -0.05) is 17.7 Å². The van der Waals surface area contributed by atoms with E-state index in [9.17, 15) is 23.7 Å². The minimum absolute atomic E-state index is 0.109. The number of hydrogen-bond acceptors (Lipinski definition) is 7. The fourth-order valence-electron chi connectivity index (χ4n) is 2.04. The summed E-state index contributed by atoms with van der Waals surface area (Å²) in [6, 6.07) is 5.85. The quantitative estimate of drug-likeness (QED) is 0.548. The molecule has 0 spiro atoms. The molecule has 2 rings (SSSR count). The molecule has 117 valence electrons. The van der Waals surface area contributed by atoms with Gasteiger partial charge in [0.15, 0.2) is 0 Å². The molecule has 1 radical (unpaired) electrons. The van der Waals surface area contributed by atoms with Gasteiger partial charge in [0.2, 0.25) is 15.3 Å². The Labute approximate surface area is 122 Å². The summed E-state index contributed by atoms with van der Waals surface area (Å²) in [5, 5.41) is 38.2. The number of ether oxygens (including phenoxy) is 1. The number of rotatable bonds is 3. The maximum absolute atomic E-state index is 12.4. The molecule has 0 saturated carbocycles. The first-order chi connectivity index (χ1) is 9.78. The molecule has 0 bridgehead atoms. The van der Waals surface area contributed by atoms with Crippen molar-refractivity contribution in [1.82, 2.24) is 0 Å². The highest BCUT2D eigenvalue weighted by Crippen LogP contribution is 2.34. The number of aliphatic hydroxyl groups is 4. The van der Waals surface area contributed by atoms with Crippen LogP contribution in [0.5, 0.6) is 0 Å². The van der Waals surface area contributed by atoms with Gasteiger partial charge in [0.25, 0.3) is 0 Å². The average molecular weight is 317 g/mol. The summed E-state index contributed by atoms with van der Waals surface area (Å²) in [5.41, 5.74) is 0.0796. The van der Waals surface area contributed by atoms with E-state index in [1.165, 1.54) is 12.1 Å². The standard InChI is InChI=1S/C13H17O7S/c1-7-2-4-8(5-3-7)21(18,19)13-12(17)11(16)10(15)9(6-14)20-13/h2-5,9-12,14-17H,6H2,1H3/t9-,10-,11+,12-/m1/s1. The van der Waals surface area contributed by atoms with Crippen molar-refractivity contribution in [2.45, 2.75) is 36.2 Å². The lowest BCUT2D eigenvalue weighted by atomic mass is 10.0. The molecule has 1 heterocycles. The molecular weight excluding hydrogens is 300 g/mol. The largest absolute Gasteiger partial charge is 0.394 e. The van der Waals surface area contributed by atoms with Gasteiger partial charge in [-0.25, -0.2) is 8.42 Å². The Morgan fingerprint density at radius 3 is 2.19 bits per heavy atom. The molecule has 0 amide bonds. The average Bonchev–Trinajstić information content (AvgIpc) is 2.45. The van der Waals surface area contributed by atoms with Crippen molar-refractivity contribution < 1.29 is 33.6 Å². The van der Waals surface area contributed by atoms with Crippen molar-refractivity contribution in [2.24, 2.45) is 0 Å². The molecule has 21 heavy (non-hydrogen) atoms. The van der Waals surface area contributed by atoms with Crippen molar-refractivity contribution in [1.29, 1.82) is 0 Å². The number of benzene rings is 1. The van der Waals surface area contributed by atoms with Crippen LogP contribution >= 0.6 is 0 Å². The number of sulfone groups is 1. The zero-order chi connectivity index (χ0) is 15.8. The summed E-state index contributed by atoms with van der Waals surface area (Å²) in [6.07, 6.45) is -6.55. The van der Waals surface area contributed by atoms with E-state index < -0.39 is 46.3 Å². The van der Waals surface area contributed by atoms with Crippen LogP contribution in [0.25, 0.3) is 0 Å². The zero-order valence-electron chi connectivity index (χ0n) is 11.2. The molecule has 1 aromatic rings. The lowest BCUT2D eigenvalue weighted by molar-refractivity contribution is -0.177. The fraction of sp³-hybridized carbons (Fsp3) is 0.462. The van der Waals surface area contributed by atoms with Gasteiger partial charge in [0, 0.05) is 0 Å². The first-order valence-corrected chi connectivity index (χ1v) is 7.77. The molecular formula is C13H17O7S. The fourth-order valence-corrected chi connectivity index (χ4v) is 3.47. The maximum atomic E-state index is 12.4. The summed E-state index contributed by atoms with van der Waals surface area (Å²) in [7, 11) is -4.17. The topological polar surface area (TPSA) is 124 Å². The molecule has 1 saturated heterocycles. The van der Waals surface area contributed by atoms with Crippen molar-refractivity contribution in [2.75, 3.05) is 6.61 Å². The Hall–Kier alpha value is -1.03. The number of hydrogen-bond donors (Lipinski definition) is 4. The van der Waals surface area contributed by atoms with Gasteiger partial charge in [-0.15, -0.1) is 0 Å². The predicted molar refractivity (Wildman–Crippen MR) is 71.6 cm³/mol. The third-order valence-corrected chi connectivity index (χ3v) is 5.10. The monoisotopic (exact) mass is 317 g/mol. The second-order valence-corrected chi connectivity index (χ2v) is 6.78. The normalized spacial score (nSPS) is 31.3. The Bertz CT molecular complexity index is 581. The van der Waals surface area contributed by atoms with Gasteiger partial charge in [-0.2, -0.15) is 0 Å². The van der Waals surface area contributed by atoms with E-state index in [1.54, 1.807) is 19.1 Å². The van der Waals surface area contributed by atoms with Crippen LogP contribution in [-0.4, -0.2) is 59.9 Å². The van der Waals surface area contributed by atoms with Gasteiger partial charge in [0.1, 0.15) is 24.4 Å². The molecule has 7 nitrogen and oxygen atoms in total. The molecule has 0 aromatic heterocycles. The molecule has 1 aliphatic rings. The van der Waals surface area contributed by atoms with Crippen LogP contribution in [0.4, 0.5) is 0 Å². The highest BCUT2D eigenvalue weighted by Gasteiger charge is 2.50. The predicted octanol–water partition coefficient (Wildman–Crippen LogP) is -1.27. The number of aryl methyl sites for hydroxylation is 1. The van der Waals surface area contributed by atoms with Gasteiger partial charge < -0.3 is 25.2 Å². The summed E-state index contributed by atoms with van der Waals surface area (Å²) >= 11 is 0. The minimum atomic E-state index is -4.17. The lowest BCUT2D eigenvalue weighted by Gasteiger charge is -2.38. The Morgan fingerprint density at radius 1 is 1.10 bits per heavy atom. The summed E-state index contributed by atoms with van der Waals surface area (Å²) in [4.78, 5) is -0.109. The number of aliphatic hydroxyl groups excluding tert-OH is 4. The zero-order valence-corrected chi connectivity index (χ0v) is 12.1. The van der Waals surface area contributed by atoms with Crippen molar-refractivity contribution in [3.63, 3.8) is 0 Å². The second kappa shape index (κ2) is 5.99. The Balaban J connectivity index is 2.36. The summed E-state index contributed by atoms with van der Waals surface area (Å²) < 4.78 is 29.9. The van der Waals surface area contributed by atoms with Crippen LogP contribution in [0.15, 0.2) is 29.2 Å². The molecule has 0 aliphatic carbocycles. The van der Waals surface area contributed by atoms with Gasteiger partial charge in [0.05, 0.1) is 11.5 Å². The van der Waals surface area contributed by atoms with Crippen LogP contribution < -0.4 is 0 Å². The van der Waals surface area contributed by atoms with Crippen LogP contribution in [0.2, 0.25) is 0 Å². The van der Waals surface area contributed by atoms with E-state index in [-0.39, 0.29) is 4.90 Å². The Kier molecular flexibility index (Phi) is 4.66. The van der Waals surface area contributed by atoms with Crippen LogP contribution in [-0.2, 0) is 14.6 Å². The van der Waals surface area contributed by atoms with E-state index in [4.69, 9.17) is 9.84 Å². The van der Waals surface area contributed by atoms with E-state index >= 15 is 0 Å². The van der Waals surface area contributed by atoms with Gasteiger partial charge in [-0.3, -0.25) is 0 Å². The lowest BCUT2D eigenvalue weighted by Crippen LogP contribution is -2.56. The highest BCUT2D eigenvalue weighted by molar-refractivity contribution is 7.94. The molecule has 1 fully saturated rings. The third kappa shape index (κ3) is 2.96. The Morgan fingerprint density at radius 2 is 1.67 bits per heavy atom. The molecule has 1 aromatic carbocycles. The van der Waals surface area contributed by atoms with E-state index in [2.05, 4.69) is 0 Å². The van der Waals surface area contributed by atoms with Crippen molar-refractivity contribution in [3.05, 3.63) is 35.3 Å². The van der Waals surface area contributed by atoms with Gasteiger partial charge >= 0.3 is 0 Å². The molecule has 1 aliphatic heterocycles. The van der Waals surface area contributed by atoms with Crippen LogP contribution in [0.3, 0.4) is 0 Å². The van der Waals surface area contributed by atoms with Gasteiger partial charge in [-0.05, 0) is 19.1 Å². The molecule has 4 N–H and O–H groups in total. The van der Waals surface area contributed by atoms with E-state index in [0.29, 0.717) is 0 Å². The molecule has 0 unspecified atom stereocenters. The van der Waals surface area contributed by atoms with Crippen LogP contribution in [0, 0.1) is 12.4 Å². The third-order valence-electron chi connectivity index (χ3n) is 3.34.